The van der Waals surface area contributed by atoms with Gasteiger partial charge in [0, 0.05) is 16.6 Å². The van der Waals surface area contributed by atoms with Crippen molar-refractivity contribution in [3.05, 3.63) is 70.9 Å². The van der Waals surface area contributed by atoms with Crippen molar-refractivity contribution < 1.29 is 18.4 Å². The van der Waals surface area contributed by atoms with Gasteiger partial charge in [0.1, 0.15) is 5.54 Å². The predicted molar refractivity (Wildman–Crippen MR) is 137 cm³/mol. The van der Waals surface area contributed by atoms with Crippen LogP contribution in [0.2, 0.25) is 0 Å². The molecule has 1 saturated heterocycles. The number of carbonyl (C=O) groups is 2. The number of hydrogen-bond donors (Lipinski definition) is 1. The SMILES string of the molecule is N#CC1(C2CC2)CC(F)(F)CN1C(=O)CNC(=O)c1ccnc2ccc(C=CC3C=CC(Cl)=CC3)cc12. The van der Waals surface area contributed by atoms with Crippen LogP contribution in [0.25, 0.3) is 17.0 Å². The number of nitrogens with one attached hydrogen (secondary N) is 1. The maximum Gasteiger partial charge on any atom is 0.268 e. The quantitative estimate of drug-likeness (QED) is 0.564. The number of nitrogens with zero attached hydrogens (tertiary/aromatic N) is 3. The monoisotopic (exact) mass is 522 g/mol. The Kier molecular flexibility index (Phi) is 6.59. The van der Waals surface area contributed by atoms with Gasteiger partial charge in [-0.15, -0.1) is 0 Å². The zero-order chi connectivity index (χ0) is 26.2. The predicted octanol–water partition coefficient (Wildman–Crippen LogP) is 5.22. The summed E-state index contributed by atoms with van der Waals surface area (Å²) in [6.07, 6.45) is 12.8. The molecular formula is C28H25ClF2N4O2. The third kappa shape index (κ3) is 5.14. The molecule has 1 aliphatic heterocycles. The second-order valence-electron chi connectivity index (χ2n) is 9.85. The normalized spacial score (nSPS) is 24.8. The van der Waals surface area contributed by atoms with Crippen LogP contribution in [0.5, 0.6) is 0 Å². The average molecular weight is 523 g/mol. The van der Waals surface area contributed by atoms with Crippen LogP contribution in [0, 0.1) is 23.2 Å². The van der Waals surface area contributed by atoms with Gasteiger partial charge < -0.3 is 10.2 Å². The Morgan fingerprint density at radius 1 is 1.30 bits per heavy atom. The molecule has 2 atom stereocenters. The van der Waals surface area contributed by atoms with Crippen molar-refractivity contribution in [2.24, 2.45) is 11.8 Å². The summed E-state index contributed by atoms with van der Waals surface area (Å²) in [7, 11) is 0. The molecule has 190 valence electrons. The molecule has 0 radical (unpaired) electrons. The van der Waals surface area contributed by atoms with Crippen LogP contribution in [-0.4, -0.2) is 46.2 Å². The number of amides is 2. The highest BCUT2D eigenvalue weighted by molar-refractivity contribution is 6.31. The number of aromatic nitrogens is 1. The van der Waals surface area contributed by atoms with Crippen molar-refractivity contribution in [2.45, 2.75) is 37.1 Å². The number of alkyl halides is 2. The fourth-order valence-corrected chi connectivity index (χ4v) is 5.31. The van der Waals surface area contributed by atoms with Crippen LogP contribution in [0.4, 0.5) is 8.78 Å². The van der Waals surface area contributed by atoms with Crippen molar-refractivity contribution in [1.82, 2.24) is 15.2 Å². The Labute approximate surface area is 218 Å². The van der Waals surface area contributed by atoms with E-state index in [4.69, 9.17) is 11.6 Å². The van der Waals surface area contributed by atoms with Crippen molar-refractivity contribution in [3.63, 3.8) is 0 Å². The molecule has 2 unspecified atom stereocenters. The third-order valence-corrected chi connectivity index (χ3v) is 7.46. The van der Waals surface area contributed by atoms with Crippen LogP contribution in [0.15, 0.2) is 59.8 Å². The van der Waals surface area contributed by atoms with E-state index in [0.29, 0.717) is 29.3 Å². The number of halogens is 3. The number of rotatable bonds is 6. The van der Waals surface area contributed by atoms with Gasteiger partial charge in [0.05, 0.1) is 36.7 Å². The minimum atomic E-state index is -3.13. The molecule has 2 heterocycles. The summed E-state index contributed by atoms with van der Waals surface area (Å²) < 4.78 is 28.5. The van der Waals surface area contributed by atoms with E-state index in [1.807, 2.05) is 48.6 Å². The van der Waals surface area contributed by atoms with Gasteiger partial charge >= 0.3 is 0 Å². The Bertz CT molecular complexity index is 1390. The fourth-order valence-electron chi connectivity index (χ4n) is 5.15. The molecular weight excluding hydrogens is 498 g/mol. The highest BCUT2D eigenvalue weighted by atomic mass is 35.5. The second-order valence-corrected chi connectivity index (χ2v) is 10.3. The highest BCUT2D eigenvalue weighted by Gasteiger charge is 2.62. The van der Waals surface area contributed by atoms with Crippen molar-refractivity contribution in [3.8, 4) is 6.07 Å². The molecule has 37 heavy (non-hydrogen) atoms. The van der Waals surface area contributed by atoms with E-state index >= 15 is 0 Å². The Morgan fingerprint density at radius 3 is 2.81 bits per heavy atom. The summed E-state index contributed by atoms with van der Waals surface area (Å²) in [6, 6.07) is 9.12. The first kappa shape index (κ1) is 25.1. The summed E-state index contributed by atoms with van der Waals surface area (Å²) in [5.74, 6) is -4.36. The summed E-state index contributed by atoms with van der Waals surface area (Å²) in [5, 5.41) is 13.6. The minimum Gasteiger partial charge on any atom is -0.343 e. The topological polar surface area (TPSA) is 86.1 Å². The van der Waals surface area contributed by atoms with E-state index in [1.165, 1.54) is 6.20 Å². The first-order valence-electron chi connectivity index (χ1n) is 12.2. The molecule has 1 N–H and O–H groups in total. The van der Waals surface area contributed by atoms with E-state index in [9.17, 15) is 23.6 Å². The number of fused-ring (bicyclic) bond motifs is 1. The smallest absolute Gasteiger partial charge is 0.268 e. The largest absolute Gasteiger partial charge is 0.343 e. The zero-order valence-electron chi connectivity index (χ0n) is 20.0. The molecule has 5 rings (SSSR count). The lowest BCUT2D eigenvalue weighted by Gasteiger charge is -2.31. The van der Waals surface area contributed by atoms with E-state index in [0.717, 1.165) is 21.9 Å². The van der Waals surface area contributed by atoms with Crippen LogP contribution in [0.1, 0.15) is 41.6 Å². The van der Waals surface area contributed by atoms with Gasteiger partial charge in [0.2, 0.25) is 5.91 Å². The summed E-state index contributed by atoms with van der Waals surface area (Å²) in [4.78, 5) is 31.3. The maximum atomic E-state index is 14.2. The molecule has 1 aromatic carbocycles. The molecule has 2 aliphatic carbocycles. The Morgan fingerprint density at radius 2 is 2.11 bits per heavy atom. The number of nitriles is 1. The maximum absolute atomic E-state index is 14.2. The number of likely N-dealkylation sites (tertiary alicyclic amines) is 1. The van der Waals surface area contributed by atoms with Gasteiger partial charge in [-0.25, -0.2) is 8.78 Å². The van der Waals surface area contributed by atoms with E-state index in [2.05, 4.69) is 16.4 Å². The molecule has 0 spiro atoms. The first-order valence-corrected chi connectivity index (χ1v) is 12.6. The van der Waals surface area contributed by atoms with Gasteiger partial charge in [0.25, 0.3) is 11.8 Å². The van der Waals surface area contributed by atoms with E-state index < -0.39 is 42.8 Å². The summed E-state index contributed by atoms with van der Waals surface area (Å²) >= 11 is 5.98. The van der Waals surface area contributed by atoms with Crippen LogP contribution >= 0.6 is 11.6 Å². The molecule has 9 heteroatoms. The zero-order valence-corrected chi connectivity index (χ0v) is 20.7. The minimum absolute atomic E-state index is 0.218. The summed E-state index contributed by atoms with van der Waals surface area (Å²) in [5.41, 5.74) is 0.299. The second kappa shape index (κ2) is 9.71. The first-order chi connectivity index (χ1) is 17.7. The number of hydrogen-bond acceptors (Lipinski definition) is 4. The number of allylic oxidation sites excluding steroid dienone is 5. The number of pyridine rings is 1. The highest BCUT2D eigenvalue weighted by Crippen LogP contribution is 2.52. The van der Waals surface area contributed by atoms with Gasteiger partial charge in [-0.05, 0) is 60.9 Å². The fraction of sp³-hybridized carbons (Fsp3) is 0.357. The molecule has 0 bridgehead atoms. The van der Waals surface area contributed by atoms with Gasteiger partial charge in [-0.2, -0.15) is 5.26 Å². The van der Waals surface area contributed by atoms with Gasteiger partial charge in [-0.3, -0.25) is 14.6 Å². The van der Waals surface area contributed by atoms with Crippen molar-refractivity contribution >= 4 is 40.4 Å². The standard InChI is InChI=1S/C28H25ClF2N4O2/c29-21-8-3-18(4-9-21)1-2-19-5-10-24-23(13-19)22(11-12-33-24)26(37)34-14-25(36)35-17-28(30,31)15-27(35,16-32)20-6-7-20/h1-3,5,8-13,18,20H,4,6-7,14-15,17H2,(H,34,37). The van der Waals surface area contributed by atoms with E-state index in [-0.39, 0.29) is 11.8 Å². The van der Waals surface area contributed by atoms with Crippen LogP contribution in [0.3, 0.4) is 0 Å². The van der Waals surface area contributed by atoms with Crippen molar-refractivity contribution in [2.75, 3.05) is 13.1 Å². The lowest BCUT2D eigenvalue weighted by atomic mass is 9.91. The van der Waals surface area contributed by atoms with E-state index in [1.54, 1.807) is 6.07 Å². The van der Waals surface area contributed by atoms with Gasteiger partial charge in [0.15, 0.2) is 0 Å². The third-order valence-electron chi connectivity index (χ3n) is 7.18. The summed E-state index contributed by atoms with van der Waals surface area (Å²) in [6.45, 7) is -1.28. The number of benzene rings is 1. The average Bonchev–Trinajstić information content (AvgIpc) is 3.70. The molecule has 2 fully saturated rings. The number of carbonyl (C=O) groups excluding carboxylic acids is 2. The molecule has 6 nitrogen and oxygen atoms in total. The molecule has 2 aromatic rings. The van der Waals surface area contributed by atoms with Crippen molar-refractivity contribution in [1.29, 1.82) is 5.26 Å². The molecule has 1 aromatic heterocycles. The Balaban J connectivity index is 1.31. The van der Waals surface area contributed by atoms with Crippen LogP contribution in [-0.2, 0) is 4.79 Å². The lowest BCUT2D eigenvalue weighted by molar-refractivity contribution is -0.134. The molecule has 2 amide bonds. The Hall–Kier alpha value is -3.57. The lowest BCUT2D eigenvalue weighted by Crippen LogP contribution is -2.51. The van der Waals surface area contributed by atoms with Crippen LogP contribution < -0.4 is 5.32 Å². The molecule has 1 saturated carbocycles. The molecule has 3 aliphatic rings. The van der Waals surface area contributed by atoms with Gasteiger partial charge in [-0.1, -0.05) is 42.0 Å².